The minimum Gasteiger partial charge on any atom is -0.507 e. The van der Waals surface area contributed by atoms with E-state index in [1.54, 1.807) is 6.07 Å². The summed E-state index contributed by atoms with van der Waals surface area (Å²) in [6.07, 6.45) is 0. The van der Waals surface area contributed by atoms with Crippen LogP contribution in [-0.2, 0) is 6.54 Å². The van der Waals surface area contributed by atoms with Crippen molar-refractivity contribution in [2.45, 2.75) is 33.2 Å². The third kappa shape index (κ3) is 5.87. The van der Waals surface area contributed by atoms with Crippen molar-refractivity contribution in [3.05, 3.63) is 58.4 Å². The van der Waals surface area contributed by atoms with E-state index in [1.807, 2.05) is 28.8 Å². The summed E-state index contributed by atoms with van der Waals surface area (Å²) in [4.78, 5) is 4.95. The average Bonchev–Trinajstić information content (AvgIpc) is 3.20. The average molecular weight is 482 g/mol. The molecule has 4 rings (SSSR count). The Balaban J connectivity index is 1.39. The minimum atomic E-state index is 0.194. The van der Waals surface area contributed by atoms with E-state index in [2.05, 4.69) is 52.9 Å². The Kier molecular flexibility index (Phi) is 8.03. The van der Waals surface area contributed by atoms with E-state index in [-0.39, 0.29) is 5.75 Å². The smallest absolute Gasteiger partial charge is 0.195 e. The van der Waals surface area contributed by atoms with Crippen LogP contribution < -0.4 is 4.74 Å². The molecule has 3 aromatic rings. The zero-order valence-electron chi connectivity index (χ0n) is 20.3. The Morgan fingerprint density at radius 2 is 1.76 bits per heavy atom. The van der Waals surface area contributed by atoms with Crippen molar-refractivity contribution in [3.8, 4) is 22.9 Å². The molecule has 7 nitrogen and oxygen atoms in total. The van der Waals surface area contributed by atoms with Gasteiger partial charge in [-0.2, -0.15) is 5.10 Å². The lowest BCUT2D eigenvalue weighted by Crippen LogP contribution is -2.47. The zero-order chi connectivity index (χ0) is 24.1. The molecule has 182 valence electrons. The molecule has 0 bridgehead atoms. The highest BCUT2D eigenvalue weighted by atomic mass is 32.1. The summed E-state index contributed by atoms with van der Waals surface area (Å²) in [5.74, 6) is 2.05. The highest BCUT2D eigenvalue weighted by molar-refractivity contribution is 7.71. The number of nitrogens with one attached hydrogen (secondary N) is 1. The van der Waals surface area contributed by atoms with E-state index in [4.69, 9.17) is 17.0 Å². The maximum absolute atomic E-state index is 10.5. The van der Waals surface area contributed by atoms with Crippen molar-refractivity contribution in [3.63, 3.8) is 0 Å². The van der Waals surface area contributed by atoms with Crippen molar-refractivity contribution in [2.75, 3.05) is 45.9 Å². The van der Waals surface area contributed by atoms with Gasteiger partial charge in [0.1, 0.15) is 18.1 Å². The number of hydrogen-bond acceptors (Lipinski definition) is 6. The van der Waals surface area contributed by atoms with Gasteiger partial charge in [-0.05, 0) is 60.1 Å². The van der Waals surface area contributed by atoms with Gasteiger partial charge in [-0.15, -0.1) is 0 Å². The molecular formula is C26H35N5O2S. The molecule has 0 saturated carbocycles. The molecule has 2 N–H and O–H groups in total. The third-order valence-electron chi connectivity index (χ3n) is 6.54. The Labute approximate surface area is 207 Å². The topological polar surface area (TPSA) is 69.6 Å². The number of phenols is 1. The normalized spacial score (nSPS) is 15.2. The molecular weight excluding hydrogens is 446 g/mol. The molecule has 0 spiro atoms. The SMILES string of the molecule is CCN1CCN(CCOc2ccc(Cn3c(-c4cc(C(C)C)ccc4O)n[nH]c3=S)cc2)CC1. The zero-order valence-corrected chi connectivity index (χ0v) is 21.1. The van der Waals surface area contributed by atoms with Crippen LogP contribution in [-0.4, -0.2) is 75.5 Å². The van der Waals surface area contributed by atoms with Crippen LogP contribution in [0.3, 0.4) is 0 Å². The highest BCUT2D eigenvalue weighted by Gasteiger charge is 2.16. The first-order valence-electron chi connectivity index (χ1n) is 12.1. The van der Waals surface area contributed by atoms with Crippen LogP contribution in [0, 0.1) is 4.77 Å². The summed E-state index contributed by atoms with van der Waals surface area (Å²) in [6.45, 7) is 14.3. The van der Waals surface area contributed by atoms with Gasteiger partial charge < -0.3 is 14.7 Å². The number of phenolic OH excluding ortho intramolecular Hbond substituents is 1. The number of piperazine rings is 1. The molecule has 2 heterocycles. The highest BCUT2D eigenvalue weighted by Crippen LogP contribution is 2.31. The molecule has 1 saturated heterocycles. The van der Waals surface area contributed by atoms with Gasteiger partial charge in [-0.1, -0.05) is 39.0 Å². The number of aromatic nitrogens is 3. The van der Waals surface area contributed by atoms with E-state index < -0.39 is 0 Å². The fourth-order valence-corrected chi connectivity index (χ4v) is 4.45. The minimum absolute atomic E-state index is 0.194. The summed E-state index contributed by atoms with van der Waals surface area (Å²) in [7, 11) is 0. The number of likely N-dealkylation sites (N-methyl/N-ethyl adjacent to an activating group) is 1. The Hall–Kier alpha value is -2.68. The van der Waals surface area contributed by atoms with E-state index in [9.17, 15) is 5.11 Å². The number of rotatable bonds is 9. The van der Waals surface area contributed by atoms with Gasteiger partial charge in [0.05, 0.1) is 12.1 Å². The molecule has 1 fully saturated rings. The third-order valence-corrected chi connectivity index (χ3v) is 6.85. The Morgan fingerprint density at radius 1 is 1.06 bits per heavy atom. The van der Waals surface area contributed by atoms with E-state index in [1.165, 1.54) is 0 Å². The molecule has 0 atom stereocenters. The second-order valence-corrected chi connectivity index (χ2v) is 9.52. The van der Waals surface area contributed by atoms with E-state index in [0.29, 0.717) is 35.2 Å². The van der Waals surface area contributed by atoms with Crippen LogP contribution >= 0.6 is 12.2 Å². The summed E-state index contributed by atoms with van der Waals surface area (Å²) in [5.41, 5.74) is 2.90. The van der Waals surface area contributed by atoms with Crippen molar-refractivity contribution in [1.29, 1.82) is 0 Å². The van der Waals surface area contributed by atoms with Crippen LogP contribution in [0.15, 0.2) is 42.5 Å². The lowest BCUT2D eigenvalue weighted by Gasteiger charge is -2.33. The van der Waals surface area contributed by atoms with Gasteiger partial charge >= 0.3 is 0 Å². The van der Waals surface area contributed by atoms with Crippen LogP contribution in [0.2, 0.25) is 0 Å². The van der Waals surface area contributed by atoms with Crippen molar-refractivity contribution in [1.82, 2.24) is 24.6 Å². The number of benzene rings is 2. The number of aromatic hydroxyl groups is 1. The summed E-state index contributed by atoms with van der Waals surface area (Å²) in [6, 6.07) is 13.8. The lowest BCUT2D eigenvalue weighted by molar-refractivity contribution is 0.121. The predicted molar refractivity (Wildman–Crippen MR) is 138 cm³/mol. The maximum atomic E-state index is 10.5. The van der Waals surface area contributed by atoms with Gasteiger partial charge in [0, 0.05) is 32.7 Å². The number of nitrogens with zero attached hydrogens (tertiary/aromatic N) is 4. The number of hydrogen-bond donors (Lipinski definition) is 2. The first kappa shape index (κ1) is 24.4. The Bertz CT molecular complexity index is 1130. The molecule has 0 aliphatic carbocycles. The quantitative estimate of drug-likeness (QED) is 0.439. The van der Waals surface area contributed by atoms with Crippen molar-refractivity contribution in [2.24, 2.45) is 0 Å². The fourth-order valence-electron chi connectivity index (χ4n) is 4.26. The number of ether oxygens (including phenoxy) is 1. The second kappa shape index (κ2) is 11.2. The first-order valence-corrected chi connectivity index (χ1v) is 12.5. The van der Waals surface area contributed by atoms with Crippen molar-refractivity contribution < 1.29 is 9.84 Å². The van der Waals surface area contributed by atoms with E-state index in [0.717, 1.165) is 56.1 Å². The maximum Gasteiger partial charge on any atom is 0.195 e. The summed E-state index contributed by atoms with van der Waals surface area (Å²) >= 11 is 5.49. The van der Waals surface area contributed by atoms with E-state index >= 15 is 0 Å². The monoisotopic (exact) mass is 481 g/mol. The van der Waals surface area contributed by atoms with Gasteiger partial charge in [0.15, 0.2) is 10.6 Å². The van der Waals surface area contributed by atoms with Crippen LogP contribution in [0.5, 0.6) is 11.5 Å². The summed E-state index contributed by atoms with van der Waals surface area (Å²) in [5, 5.41) is 17.8. The molecule has 1 aliphatic rings. The molecule has 0 unspecified atom stereocenters. The summed E-state index contributed by atoms with van der Waals surface area (Å²) < 4.78 is 8.42. The van der Waals surface area contributed by atoms with Gasteiger partial charge in [-0.25, -0.2) is 0 Å². The fraction of sp³-hybridized carbons (Fsp3) is 0.462. The molecule has 1 aromatic heterocycles. The molecule has 2 aromatic carbocycles. The molecule has 0 radical (unpaired) electrons. The molecule has 34 heavy (non-hydrogen) atoms. The predicted octanol–water partition coefficient (Wildman–Crippen LogP) is 4.50. The molecule has 8 heteroatoms. The van der Waals surface area contributed by atoms with Gasteiger partial charge in [0.2, 0.25) is 0 Å². The first-order chi connectivity index (χ1) is 16.4. The Morgan fingerprint density at radius 3 is 2.44 bits per heavy atom. The van der Waals surface area contributed by atoms with Crippen LogP contribution in [0.25, 0.3) is 11.4 Å². The van der Waals surface area contributed by atoms with Gasteiger partial charge in [0.25, 0.3) is 0 Å². The number of aromatic amines is 1. The lowest BCUT2D eigenvalue weighted by atomic mass is 10.00. The van der Waals surface area contributed by atoms with Crippen LogP contribution in [0.4, 0.5) is 0 Å². The van der Waals surface area contributed by atoms with Gasteiger partial charge in [-0.3, -0.25) is 14.6 Å². The standard InChI is InChI=1S/C26H35N5O2S/c1-4-29-11-13-30(14-12-29)15-16-33-22-8-5-20(6-9-22)18-31-25(27-28-26(31)34)23-17-21(19(2)3)7-10-24(23)32/h5-10,17,19,32H,4,11-16,18H2,1-3H3,(H,28,34). The second-order valence-electron chi connectivity index (χ2n) is 9.14. The van der Waals surface area contributed by atoms with Crippen molar-refractivity contribution >= 4 is 12.2 Å². The number of H-pyrrole nitrogens is 1. The largest absolute Gasteiger partial charge is 0.507 e. The molecule has 1 aliphatic heterocycles. The van der Waals surface area contributed by atoms with Crippen LogP contribution in [0.1, 0.15) is 37.8 Å². The molecule has 0 amide bonds.